The number of benzene rings is 1. The summed E-state index contributed by atoms with van der Waals surface area (Å²) in [5.41, 5.74) is 0.988. The van der Waals surface area contributed by atoms with Crippen molar-refractivity contribution in [1.82, 2.24) is 4.90 Å². The minimum atomic E-state index is -0.450. The minimum Gasteiger partial charge on any atom is -0.387 e. The first-order valence-corrected chi connectivity index (χ1v) is 7.57. The van der Waals surface area contributed by atoms with Gasteiger partial charge in [0.2, 0.25) is 0 Å². The lowest BCUT2D eigenvalue weighted by atomic mass is 9.99. The zero-order chi connectivity index (χ0) is 15.1. The maximum Gasteiger partial charge on any atom is 0.0942 e. The highest BCUT2D eigenvalue weighted by Crippen LogP contribution is 2.23. The third-order valence-electron chi connectivity index (χ3n) is 3.88. The van der Waals surface area contributed by atoms with Gasteiger partial charge in [0.1, 0.15) is 0 Å². The Morgan fingerprint density at radius 3 is 2.25 bits per heavy atom. The molecule has 3 atom stereocenters. The number of aliphatic hydroxyl groups is 1. The second kappa shape index (κ2) is 8.23. The van der Waals surface area contributed by atoms with Gasteiger partial charge in [-0.25, -0.2) is 0 Å². The molecule has 1 aromatic carbocycles. The SMILES string of the molecule is C=CC[C@H](C)CN(C(C)C)[C@@H](C)[C@H](O)c1ccccc1. The minimum absolute atomic E-state index is 0.102. The number of aliphatic hydroxyl groups excluding tert-OH is 1. The van der Waals surface area contributed by atoms with E-state index in [9.17, 15) is 5.11 Å². The van der Waals surface area contributed by atoms with Crippen LogP contribution in [0.25, 0.3) is 0 Å². The van der Waals surface area contributed by atoms with Gasteiger partial charge in [-0.05, 0) is 38.7 Å². The van der Waals surface area contributed by atoms with E-state index in [1.807, 2.05) is 36.4 Å². The second-order valence-corrected chi connectivity index (χ2v) is 6.02. The van der Waals surface area contributed by atoms with Gasteiger partial charge in [-0.15, -0.1) is 6.58 Å². The first-order valence-electron chi connectivity index (χ1n) is 7.57. The predicted octanol–water partition coefficient (Wildman–Crippen LogP) is 4.03. The standard InChI is InChI=1S/C18H29NO/c1-6-10-15(4)13-19(14(2)3)16(5)18(20)17-11-8-7-9-12-17/h6-9,11-12,14-16,18,20H,1,10,13H2,2-5H3/t15-,16-,18-/m0/s1. The molecule has 1 N–H and O–H groups in total. The van der Waals surface area contributed by atoms with Gasteiger partial charge in [-0.2, -0.15) is 0 Å². The quantitative estimate of drug-likeness (QED) is 0.724. The van der Waals surface area contributed by atoms with E-state index in [1.165, 1.54) is 0 Å². The van der Waals surface area contributed by atoms with E-state index in [0.717, 1.165) is 18.5 Å². The highest BCUT2D eigenvalue weighted by molar-refractivity contribution is 5.18. The van der Waals surface area contributed by atoms with Crippen LogP contribution >= 0.6 is 0 Å². The van der Waals surface area contributed by atoms with Crippen LogP contribution in [0.2, 0.25) is 0 Å². The van der Waals surface area contributed by atoms with Crippen molar-refractivity contribution in [2.45, 2.75) is 52.3 Å². The molecule has 20 heavy (non-hydrogen) atoms. The summed E-state index contributed by atoms with van der Waals surface area (Å²) >= 11 is 0. The molecule has 112 valence electrons. The average Bonchev–Trinajstić information content (AvgIpc) is 2.44. The van der Waals surface area contributed by atoms with Gasteiger partial charge >= 0.3 is 0 Å². The van der Waals surface area contributed by atoms with Crippen molar-refractivity contribution < 1.29 is 5.11 Å². The Bertz CT molecular complexity index is 388. The normalized spacial score (nSPS) is 16.1. The molecule has 0 saturated heterocycles. The van der Waals surface area contributed by atoms with Gasteiger partial charge in [0, 0.05) is 18.6 Å². The van der Waals surface area contributed by atoms with Gasteiger partial charge in [0.05, 0.1) is 6.10 Å². The van der Waals surface area contributed by atoms with E-state index >= 15 is 0 Å². The Hall–Kier alpha value is -1.12. The maximum absolute atomic E-state index is 10.6. The van der Waals surface area contributed by atoms with Crippen LogP contribution in [0.15, 0.2) is 43.0 Å². The molecule has 0 heterocycles. The first-order chi connectivity index (χ1) is 9.47. The third-order valence-corrected chi connectivity index (χ3v) is 3.88. The van der Waals surface area contributed by atoms with Crippen molar-refractivity contribution >= 4 is 0 Å². The molecule has 0 saturated carbocycles. The molecule has 0 fully saturated rings. The molecule has 2 nitrogen and oxygen atoms in total. The van der Waals surface area contributed by atoms with Crippen molar-refractivity contribution in [2.24, 2.45) is 5.92 Å². The van der Waals surface area contributed by atoms with E-state index in [4.69, 9.17) is 0 Å². The van der Waals surface area contributed by atoms with Crippen LogP contribution in [0.5, 0.6) is 0 Å². The summed E-state index contributed by atoms with van der Waals surface area (Å²) in [5, 5.41) is 10.6. The van der Waals surface area contributed by atoms with E-state index in [1.54, 1.807) is 0 Å². The summed E-state index contributed by atoms with van der Waals surface area (Å²) in [6.07, 6.45) is 2.54. The Morgan fingerprint density at radius 1 is 1.15 bits per heavy atom. The van der Waals surface area contributed by atoms with Gasteiger partial charge in [0.15, 0.2) is 0 Å². The maximum atomic E-state index is 10.6. The number of hydrogen-bond acceptors (Lipinski definition) is 2. The predicted molar refractivity (Wildman–Crippen MR) is 86.7 cm³/mol. The van der Waals surface area contributed by atoms with E-state index in [0.29, 0.717) is 12.0 Å². The van der Waals surface area contributed by atoms with Crippen LogP contribution in [-0.4, -0.2) is 28.6 Å². The Balaban J connectivity index is 2.78. The summed E-state index contributed by atoms with van der Waals surface area (Å²) in [6.45, 7) is 13.5. The molecular weight excluding hydrogens is 246 g/mol. The number of allylic oxidation sites excluding steroid dienone is 1. The first kappa shape index (κ1) is 16.9. The Labute approximate surface area is 124 Å². The van der Waals surface area contributed by atoms with E-state index < -0.39 is 6.10 Å². The van der Waals surface area contributed by atoms with Crippen molar-refractivity contribution in [1.29, 1.82) is 0 Å². The monoisotopic (exact) mass is 275 g/mol. The van der Waals surface area contributed by atoms with Crippen LogP contribution in [0, 0.1) is 5.92 Å². The van der Waals surface area contributed by atoms with Crippen molar-refractivity contribution in [3.8, 4) is 0 Å². The lowest BCUT2D eigenvalue weighted by Crippen LogP contribution is -2.44. The summed E-state index contributed by atoms with van der Waals surface area (Å²) < 4.78 is 0. The van der Waals surface area contributed by atoms with E-state index in [-0.39, 0.29) is 6.04 Å². The van der Waals surface area contributed by atoms with Crippen LogP contribution < -0.4 is 0 Å². The molecule has 0 aliphatic heterocycles. The molecule has 0 aliphatic rings. The summed E-state index contributed by atoms with van der Waals surface area (Å²) in [5.74, 6) is 0.556. The summed E-state index contributed by atoms with van der Waals surface area (Å²) in [6, 6.07) is 10.4. The van der Waals surface area contributed by atoms with Crippen LogP contribution in [-0.2, 0) is 0 Å². The lowest BCUT2D eigenvalue weighted by molar-refractivity contribution is 0.0320. The zero-order valence-corrected chi connectivity index (χ0v) is 13.3. The van der Waals surface area contributed by atoms with Crippen molar-refractivity contribution in [2.75, 3.05) is 6.54 Å². The molecule has 0 amide bonds. The van der Waals surface area contributed by atoms with Gasteiger partial charge in [-0.3, -0.25) is 4.90 Å². The van der Waals surface area contributed by atoms with Gasteiger partial charge in [-0.1, -0.05) is 43.3 Å². The fourth-order valence-corrected chi connectivity index (χ4v) is 2.68. The molecule has 0 aliphatic carbocycles. The summed E-state index contributed by atoms with van der Waals surface area (Å²) in [4.78, 5) is 2.38. The fraction of sp³-hybridized carbons (Fsp3) is 0.556. The molecule has 0 aromatic heterocycles. The van der Waals surface area contributed by atoms with Crippen molar-refractivity contribution in [3.05, 3.63) is 48.6 Å². The highest BCUT2D eigenvalue weighted by atomic mass is 16.3. The molecule has 1 aromatic rings. The largest absolute Gasteiger partial charge is 0.387 e. The Kier molecular flexibility index (Phi) is 6.97. The smallest absolute Gasteiger partial charge is 0.0942 e. The van der Waals surface area contributed by atoms with E-state index in [2.05, 4.69) is 39.2 Å². The van der Waals surface area contributed by atoms with Crippen LogP contribution in [0.1, 0.15) is 45.8 Å². The van der Waals surface area contributed by atoms with Gasteiger partial charge in [0.25, 0.3) is 0 Å². The fourth-order valence-electron chi connectivity index (χ4n) is 2.68. The molecule has 0 spiro atoms. The molecule has 0 radical (unpaired) electrons. The summed E-state index contributed by atoms with van der Waals surface area (Å²) in [7, 11) is 0. The molecular formula is C18H29NO. The molecule has 0 bridgehead atoms. The Morgan fingerprint density at radius 2 is 1.75 bits per heavy atom. The number of hydrogen-bond donors (Lipinski definition) is 1. The lowest BCUT2D eigenvalue weighted by Gasteiger charge is -2.37. The topological polar surface area (TPSA) is 23.5 Å². The van der Waals surface area contributed by atoms with Crippen molar-refractivity contribution in [3.63, 3.8) is 0 Å². The highest BCUT2D eigenvalue weighted by Gasteiger charge is 2.25. The number of rotatable bonds is 8. The van der Waals surface area contributed by atoms with Gasteiger partial charge < -0.3 is 5.11 Å². The molecule has 2 heteroatoms. The average molecular weight is 275 g/mol. The van der Waals surface area contributed by atoms with Crippen LogP contribution in [0.4, 0.5) is 0 Å². The zero-order valence-electron chi connectivity index (χ0n) is 13.3. The molecule has 0 unspecified atom stereocenters. The third kappa shape index (κ3) is 4.77. The number of nitrogens with zero attached hydrogens (tertiary/aromatic N) is 1. The second-order valence-electron chi connectivity index (χ2n) is 6.02. The van der Waals surface area contributed by atoms with Crippen LogP contribution in [0.3, 0.4) is 0 Å². The molecule has 1 rings (SSSR count).